The maximum absolute atomic E-state index is 12.9. The van der Waals surface area contributed by atoms with Gasteiger partial charge in [-0.3, -0.25) is 0 Å². The quantitative estimate of drug-likeness (QED) is 0.671. The van der Waals surface area contributed by atoms with Gasteiger partial charge in [-0.05, 0) is 23.5 Å². The maximum atomic E-state index is 12.9. The lowest BCUT2D eigenvalue weighted by atomic mass is 9.83. The topological polar surface area (TPSA) is 0 Å². The van der Waals surface area contributed by atoms with Crippen molar-refractivity contribution >= 4 is 15.9 Å². The molecule has 17 heavy (non-hydrogen) atoms. The predicted octanol–water partition coefficient (Wildman–Crippen LogP) is 5.23. The minimum Gasteiger partial charge on any atom is -0.166 e. The van der Waals surface area contributed by atoms with Crippen molar-refractivity contribution in [3.8, 4) is 0 Å². The predicted molar refractivity (Wildman–Crippen MR) is 67.4 cm³/mol. The molecular weight excluding hydrogens is 293 g/mol. The van der Waals surface area contributed by atoms with Crippen molar-refractivity contribution in [1.29, 1.82) is 0 Å². The lowest BCUT2D eigenvalue weighted by Crippen LogP contribution is -2.20. The molecule has 0 heterocycles. The van der Waals surface area contributed by atoms with Crippen LogP contribution in [0.25, 0.3) is 0 Å². The van der Waals surface area contributed by atoms with Gasteiger partial charge in [0.15, 0.2) is 0 Å². The molecule has 0 nitrogen and oxygen atoms in total. The zero-order valence-corrected chi connectivity index (χ0v) is 11.6. The summed E-state index contributed by atoms with van der Waals surface area (Å²) in [4.78, 5) is 0.00556. The van der Waals surface area contributed by atoms with Crippen LogP contribution in [0.2, 0.25) is 0 Å². The zero-order valence-electron chi connectivity index (χ0n) is 10.1. The van der Waals surface area contributed by atoms with Gasteiger partial charge >= 0.3 is 6.18 Å². The number of alkyl halides is 4. The highest BCUT2D eigenvalue weighted by Crippen LogP contribution is 2.40. The molecule has 0 bridgehead atoms. The molecule has 0 saturated heterocycles. The van der Waals surface area contributed by atoms with Crippen LogP contribution in [-0.4, -0.2) is 4.83 Å². The molecule has 0 aromatic heterocycles. The summed E-state index contributed by atoms with van der Waals surface area (Å²) >= 11 is 3.41. The zero-order chi connectivity index (χ0) is 13.2. The van der Waals surface area contributed by atoms with Crippen molar-refractivity contribution in [3.63, 3.8) is 0 Å². The summed E-state index contributed by atoms with van der Waals surface area (Å²) in [6.45, 7) is 5.77. The molecule has 0 aliphatic heterocycles. The minimum absolute atomic E-state index is 0.00556. The molecule has 0 saturated carbocycles. The molecule has 1 rings (SSSR count). The Kier molecular flexibility index (Phi) is 4.64. The van der Waals surface area contributed by atoms with E-state index in [1.807, 2.05) is 20.8 Å². The molecule has 96 valence electrons. The van der Waals surface area contributed by atoms with Crippen molar-refractivity contribution in [3.05, 3.63) is 35.4 Å². The van der Waals surface area contributed by atoms with Gasteiger partial charge in [-0.1, -0.05) is 54.9 Å². The van der Waals surface area contributed by atoms with Crippen molar-refractivity contribution in [1.82, 2.24) is 0 Å². The Morgan fingerprint density at radius 3 is 2.00 bits per heavy atom. The summed E-state index contributed by atoms with van der Waals surface area (Å²) < 4.78 is 38.8. The fourth-order valence-corrected chi connectivity index (χ4v) is 3.08. The number of hydrogen-bond acceptors (Lipinski definition) is 0. The second kappa shape index (κ2) is 5.42. The fourth-order valence-electron chi connectivity index (χ4n) is 2.18. The molecule has 0 N–H and O–H groups in total. The third-order valence-electron chi connectivity index (χ3n) is 2.84. The highest BCUT2D eigenvalue weighted by atomic mass is 79.9. The first-order valence-electron chi connectivity index (χ1n) is 5.55. The van der Waals surface area contributed by atoms with Crippen molar-refractivity contribution in [2.45, 2.75) is 37.7 Å². The summed E-state index contributed by atoms with van der Waals surface area (Å²) in [7, 11) is 0. The van der Waals surface area contributed by atoms with Gasteiger partial charge in [-0.15, -0.1) is 0 Å². The van der Waals surface area contributed by atoms with E-state index in [-0.39, 0.29) is 16.7 Å². The van der Waals surface area contributed by atoms with Crippen LogP contribution in [0.4, 0.5) is 13.2 Å². The summed E-state index contributed by atoms with van der Waals surface area (Å²) in [5.41, 5.74) is -0.149. The third kappa shape index (κ3) is 3.47. The van der Waals surface area contributed by atoms with Crippen LogP contribution in [0.1, 0.15) is 37.8 Å². The van der Waals surface area contributed by atoms with E-state index in [1.54, 1.807) is 12.1 Å². The molecule has 0 aliphatic carbocycles. The lowest BCUT2D eigenvalue weighted by Gasteiger charge is -2.27. The highest BCUT2D eigenvalue weighted by molar-refractivity contribution is 9.09. The lowest BCUT2D eigenvalue weighted by molar-refractivity contribution is -0.138. The highest BCUT2D eigenvalue weighted by Gasteiger charge is 2.36. The van der Waals surface area contributed by atoms with Crippen molar-refractivity contribution in [2.24, 2.45) is 5.92 Å². The van der Waals surface area contributed by atoms with Crippen LogP contribution >= 0.6 is 15.9 Å². The van der Waals surface area contributed by atoms with E-state index >= 15 is 0 Å². The molecule has 0 radical (unpaired) electrons. The Hall–Kier alpha value is -0.510. The number of rotatable bonds is 3. The monoisotopic (exact) mass is 308 g/mol. The van der Waals surface area contributed by atoms with E-state index in [4.69, 9.17) is 0 Å². The Balaban J connectivity index is 3.29. The van der Waals surface area contributed by atoms with E-state index < -0.39 is 11.7 Å². The summed E-state index contributed by atoms with van der Waals surface area (Å²) in [6, 6.07) is 5.82. The van der Waals surface area contributed by atoms with Crippen molar-refractivity contribution < 1.29 is 13.2 Å². The van der Waals surface area contributed by atoms with Crippen molar-refractivity contribution in [2.75, 3.05) is 0 Å². The molecule has 2 unspecified atom stereocenters. The standard InChI is InChI=1S/C13H16BrF3/c1-8(2)12(9(3)14)10-6-4-5-7-11(10)13(15,16)17/h4-9,12H,1-3H3. The van der Waals surface area contributed by atoms with Crippen LogP contribution in [0.3, 0.4) is 0 Å². The molecular formula is C13H16BrF3. The maximum Gasteiger partial charge on any atom is 0.416 e. The first-order chi connectivity index (χ1) is 7.75. The SMILES string of the molecule is CC(C)C(c1ccccc1C(F)(F)F)C(C)Br. The molecule has 0 amide bonds. The largest absolute Gasteiger partial charge is 0.416 e. The second-order valence-electron chi connectivity index (χ2n) is 4.53. The second-order valence-corrected chi connectivity index (χ2v) is 5.98. The molecule has 1 aromatic rings. The number of hydrogen-bond donors (Lipinski definition) is 0. The van der Waals surface area contributed by atoms with Gasteiger partial charge in [0, 0.05) is 4.83 Å². The Morgan fingerprint density at radius 1 is 1.06 bits per heavy atom. The minimum atomic E-state index is -4.29. The number of benzene rings is 1. The van der Waals surface area contributed by atoms with E-state index in [0.717, 1.165) is 6.07 Å². The van der Waals surface area contributed by atoms with Gasteiger partial charge in [-0.2, -0.15) is 13.2 Å². The average molecular weight is 309 g/mol. The van der Waals surface area contributed by atoms with Gasteiger partial charge in [0.25, 0.3) is 0 Å². The van der Waals surface area contributed by atoms with Crippen LogP contribution < -0.4 is 0 Å². The molecule has 0 aliphatic rings. The van der Waals surface area contributed by atoms with Gasteiger partial charge in [0.1, 0.15) is 0 Å². The fraction of sp³-hybridized carbons (Fsp3) is 0.538. The Bertz CT molecular complexity index is 361. The van der Waals surface area contributed by atoms with E-state index in [1.165, 1.54) is 6.07 Å². The van der Waals surface area contributed by atoms with Gasteiger partial charge in [0.2, 0.25) is 0 Å². The van der Waals surface area contributed by atoms with Gasteiger partial charge < -0.3 is 0 Å². The summed E-state index contributed by atoms with van der Waals surface area (Å²) in [5.74, 6) is 0.000648. The molecule has 1 aromatic carbocycles. The molecule has 2 atom stereocenters. The Labute approximate surface area is 108 Å². The Morgan fingerprint density at radius 2 is 1.59 bits per heavy atom. The summed E-state index contributed by atoms with van der Waals surface area (Å²) in [6.07, 6.45) is -4.29. The van der Waals surface area contributed by atoms with Crippen LogP contribution in [-0.2, 0) is 6.18 Å². The first-order valence-corrected chi connectivity index (χ1v) is 6.47. The van der Waals surface area contributed by atoms with Gasteiger partial charge in [-0.25, -0.2) is 0 Å². The third-order valence-corrected chi connectivity index (χ3v) is 3.41. The molecule has 4 heteroatoms. The van der Waals surface area contributed by atoms with E-state index in [2.05, 4.69) is 15.9 Å². The van der Waals surface area contributed by atoms with E-state index in [0.29, 0.717) is 5.56 Å². The van der Waals surface area contributed by atoms with Gasteiger partial charge in [0.05, 0.1) is 5.56 Å². The molecule has 0 spiro atoms. The smallest absolute Gasteiger partial charge is 0.166 e. The summed E-state index contributed by atoms with van der Waals surface area (Å²) in [5, 5.41) is 0. The van der Waals surface area contributed by atoms with Crippen LogP contribution in [0.15, 0.2) is 24.3 Å². The average Bonchev–Trinajstić information content (AvgIpc) is 2.15. The first kappa shape index (κ1) is 14.6. The van der Waals surface area contributed by atoms with Crippen LogP contribution in [0.5, 0.6) is 0 Å². The normalized spacial score (nSPS) is 16.0. The number of halogens is 4. The molecule has 0 fully saturated rings. The van der Waals surface area contributed by atoms with Crippen LogP contribution in [0, 0.1) is 5.92 Å². The van der Waals surface area contributed by atoms with E-state index in [9.17, 15) is 13.2 Å².